The van der Waals surface area contributed by atoms with Gasteiger partial charge in [-0.15, -0.1) is 0 Å². The zero-order chi connectivity index (χ0) is 17.4. The molecule has 2 rings (SSSR count). The van der Waals surface area contributed by atoms with Crippen molar-refractivity contribution in [1.29, 1.82) is 0 Å². The van der Waals surface area contributed by atoms with Crippen molar-refractivity contribution in [3.8, 4) is 0 Å². The molecule has 1 heterocycles. The third-order valence-corrected chi connectivity index (χ3v) is 2.85. The quantitative estimate of drug-likeness (QED) is 0.363. The first-order chi connectivity index (χ1) is 11.6. The number of rotatable bonds is 5. The van der Waals surface area contributed by atoms with Gasteiger partial charge in [0.1, 0.15) is 0 Å². The SMILES string of the molecule is O=C(NCc1ccccn1)C(=O)N/N=C/c1ccc([N+](=O)[O-])cc1. The number of aromatic nitrogens is 1. The van der Waals surface area contributed by atoms with E-state index in [9.17, 15) is 19.7 Å². The highest BCUT2D eigenvalue weighted by atomic mass is 16.6. The van der Waals surface area contributed by atoms with E-state index in [0.29, 0.717) is 11.3 Å². The largest absolute Gasteiger partial charge is 0.342 e. The van der Waals surface area contributed by atoms with Crippen molar-refractivity contribution in [3.63, 3.8) is 0 Å². The van der Waals surface area contributed by atoms with Gasteiger partial charge in [0.25, 0.3) is 5.69 Å². The van der Waals surface area contributed by atoms with E-state index in [-0.39, 0.29) is 12.2 Å². The summed E-state index contributed by atoms with van der Waals surface area (Å²) in [6.45, 7) is 0.124. The van der Waals surface area contributed by atoms with Crippen LogP contribution in [0.3, 0.4) is 0 Å². The number of nitro groups is 1. The van der Waals surface area contributed by atoms with Crippen LogP contribution in [0, 0.1) is 10.1 Å². The Bertz CT molecular complexity index is 759. The Morgan fingerprint density at radius 3 is 2.54 bits per heavy atom. The molecule has 0 fully saturated rings. The smallest absolute Gasteiger partial charge is 0.329 e. The summed E-state index contributed by atoms with van der Waals surface area (Å²) in [6, 6.07) is 10.8. The van der Waals surface area contributed by atoms with E-state index in [1.807, 2.05) is 0 Å². The second-order valence-corrected chi connectivity index (χ2v) is 4.55. The number of non-ortho nitro benzene ring substituents is 1. The van der Waals surface area contributed by atoms with Gasteiger partial charge in [-0.25, -0.2) is 5.43 Å². The van der Waals surface area contributed by atoms with Crippen molar-refractivity contribution in [3.05, 3.63) is 70.0 Å². The van der Waals surface area contributed by atoms with Crippen LogP contribution >= 0.6 is 0 Å². The van der Waals surface area contributed by atoms with Gasteiger partial charge in [-0.2, -0.15) is 5.10 Å². The third-order valence-electron chi connectivity index (χ3n) is 2.85. The summed E-state index contributed by atoms with van der Waals surface area (Å²) < 4.78 is 0. The molecule has 0 atom stereocenters. The molecule has 24 heavy (non-hydrogen) atoms. The number of amides is 2. The second kappa shape index (κ2) is 8.13. The van der Waals surface area contributed by atoms with Gasteiger partial charge in [-0.05, 0) is 29.8 Å². The molecule has 0 aliphatic heterocycles. The van der Waals surface area contributed by atoms with Gasteiger partial charge in [0.2, 0.25) is 0 Å². The summed E-state index contributed by atoms with van der Waals surface area (Å²) in [5.74, 6) is -1.77. The minimum atomic E-state index is -0.927. The van der Waals surface area contributed by atoms with Crippen LogP contribution in [0.2, 0.25) is 0 Å². The topological polar surface area (TPSA) is 127 Å². The van der Waals surface area contributed by atoms with Crippen molar-refractivity contribution >= 4 is 23.7 Å². The Labute approximate surface area is 136 Å². The summed E-state index contributed by atoms with van der Waals surface area (Å²) in [5.41, 5.74) is 3.17. The van der Waals surface area contributed by atoms with Crippen LogP contribution in [0.15, 0.2) is 53.8 Å². The highest BCUT2D eigenvalue weighted by Gasteiger charge is 2.12. The highest BCUT2D eigenvalue weighted by molar-refractivity contribution is 6.35. The van der Waals surface area contributed by atoms with E-state index in [2.05, 4.69) is 20.8 Å². The van der Waals surface area contributed by atoms with Crippen molar-refractivity contribution in [2.24, 2.45) is 5.10 Å². The van der Waals surface area contributed by atoms with Gasteiger partial charge in [0.15, 0.2) is 0 Å². The van der Waals surface area contributed by atoms with Gasteiger partial charge in [0, 0.05) is 18.3 Å². The summed E-state index contributed by atoms with van der Waals surface area (Å²) in [5, 5.41) is 16.5. The van der Waals surface area contributed by atoms with Gasteiger partial charge in [-0.1, -0.05) is 6.07 Å². The molecule has 9 heteroatoms. The summed E-state index contributed by atoms with van der Waals surface area (Å²) >= 11 is 0. The lowest BCUT2D eigenvalue weighted by atomic mass is 10.2. The lowest BCUT2D eigenvalue weighted by molar-refractivity contribution is -0.384. The number of nitrogens with zero attached hydrogens (tertiary/aromatic N) is 3. The molecule has 122 valence electrons. The van der Waals surface area contributed by atoms with Crippen LogP contribution in [0.1, 0.15) is 11.3 Å². The molecule has 0 unspecified atom stereocenters. The molecule has 0 aliphatic rings. The van der Waals surface area contributed by atoms with E-state index < -0.39 is 16.7 Å². The van der Waals surface area contributed by atoms with Crippen LogP contribution in [0.4, 0.5) is 5.69 Å². The Morgan fingerprint density at radius 1 is 1.17 bits per heavy atom. The Hall–Kier alpha value is -3.62. The van der Waals surface area contributed by atoms with Gasteiger partial charge < -0.3 is 5.32 Å². The molecule has 2 N–H and O–H groups in total. The predicted octanol–water partition coefficient (Wildman–Crippen LogP) is 0.756. The summed E-state index contributed by atoms with van der Waals surface area (Å²) in [4.78, 5) is 37.1. The normalized spacial score (nSPS) is 10.3. The maximum atomic E-state index is 11.6. The maximum absolute atomic E-state index is 11.6. The molecule has 0 aliphatic carbocycles. The van der Waals surface area contributed by atoms with E-state index in [0.717, 1.165) is 0 Å². The van der Waals surface area contributed by atoms with Crippen LogP contribution in [0.25, 0.3) is 0 Å². The van der Waals surface area contributed by atoms with E-state index >= 15 is 0 Å². The molecular weight excluding hydrogens is 314 g/mol. The number of nitro benzene ring substituents is 1. The lowest BCUT2D eigenvalue weighted by Gasteiger charge is -2.03. The molecule has 9 nitrogen and oxygen atoms in total. The summed E-state index contributed by atoms with van der Waals surface area (Å²) in [7, 11) is 0. The minimum Gasteiger partial charge on any atom is -0.342 e. The van der Waals surface area contributed by atoms with Gasteiger partial charge in [0.05, 0.1) is 23.4 Å². The molecule has 2 amide bonds. The van der Waals surface area contributed by atoms with Crippen molar-refractivity contribution in [1.82, 2.24) is 15.7 Å². The van der Waals surface area contributed by atoms with Crippen LogP contribution in [-0.2, 0) is 16.1 Å². The number of hydrogen-bond acceptors (Lipinski definition) is 6. The first-order valence-electron chi connectivity index (χ1n) is 6.82. The fourth-order valence-electron chi connectivity index (χ4n) is 1.65. The van der Waals surface area contributed by atoms with Crippen LogP contribution in [-0.4, -0.2) is 27.9 Å². The first-order valence-corrected chi connectivity index (χ1v) is 6.82. The third kappa shape index (κ3) is 4.98. The van der Waals surface area contributed by atoms with E-state index in [1.165, 1.54) is 30.5 Å². The molecule has 0 saturated carbocycles. The number of carbonyl (C=O) groups is 2. The monoisotopic (exact) mass is 327 g/mol. The Kier molecular flexibility index (Phi) is 5.67. The zero-order valence-electron chi connectivity index (χ0n) is 12.4. The molecule has 1 aromatic carbocycles. The number of nitrogens with one attached hydrogen (secondary N) is 2. The van der Waals surface area contributed by atoms with Gasteiger partial charge in [-0.3, -0.25) is 24.7 Å². The molecule has 0 saturated heterocycles. The molecule has 0 bridgehead atoms. The molecule has 1 aromatic heterocycles. The number of benzene rings is 1. The number of carbonyl (C=O) groups excluding carboxylic acids is 2. The Morgan fingerprint density at radius 2 is 1.92 bits per heavy atom. The first kappa shape index (κ1) is 16.7. The maximum Gasteiger partial charge on any atom is 0.329 e. The molecular formula is C15H13N5O4. The Balaban J connectivity index is 1.81. The fraction of sp³-hybridized carbons (Fsp3) is 0.0667. The standard InChI is InChI=1S/C15H13N5O4/c21-14(17-10-12-3-1-2-8-16-12)15(22)19-18-9-11-4-6-13(7-5-11)20(23)24/h1-9H,10H2,(H,17,21)(H,19,22)/b18-9+. The average molecular weight is 327 g/mol. The second-order valence-electron chi connectivity index (χ2n) is 4.55. The zero-order valence-corrected chi connectivity index (χ0v) is 12.4. The molecule has 2 aromatic rings. The number of pyridine rings is 1. The molecule has 0 spiro atoms. The van der Waals surface area contributed by atoms with E-state index in [4.69, 9.17) is 0 Å². The molecule has 0 radical (unpaired) electrons. The van der Waals surface area contributed by atoms with Crippen molar-refractivity contribution in [2.45, 2.75) is 6.54 Å². The average Bonchev–Trinajstić information content (AvgIpc) is 2.61. The highest BCUT2D eigenvalue weighted by Crippen LogP contribution is 2.10. The summed E-state index contributed by atoms with van der Waals surface area (Å²) in [6.07, 6.45) is 2.85. The van der Waals surface area contributed by atoms with Crippen molar-refractivity contribution < 1.29 is 14.5 Å². The predicted molar refractivity (Wildman–Crippen MR) is 84.9 cm³/mol. The lowest BCUT2D eigenvalue weighted by Crippen LogP contribution is -2.37. The number of hydrogen-bond donors (Lipinski definition) is 2. The fourth-order valence-corrected chi connectivity index (χ4v) is 1.65. The van der Waals surface area contributed by atoms with Gasteiger partial charge >= 0.3 is 11.8 Å². The van der Waals surface area contributed by atoms with Crippen molar-refractivity contribution in [2.75, 3.05) is 0 Å². The van der Waals surface area contributed by atoms with E-state index in [1.54, 1.807) is 24.4 Å². The van der Waals surface area contributed by atoms with Crippen LogP contribution in [0.5, 0.6) is 0 Å². The number of hydrazone groups is 1. The minimum absolute atomic E-state index is 0.0508. The van der Waals surface area contributed by atoms with Crippen LogP contribution < -0.4 is 10.7 Å².